The van der Waals surface area contributed by atoms with E-state index in [1.54, 1.807) is 0 Å². The van der Waals surface area contributed by atoms with Gasteiger partial charge in [-0.05, 0) is 51.2 Å². The molecule has 0 unspecified atom stereocenters. The number of carbonyl (C=O) groups is 1. The molecule has 2 aliphatic carbocycles. The summed E-state index contributed by atoms with van der Waals surface area (Å²) in [6.07, 6.45) is 5.20. The molecule has 0 spiro atoms. The predicted octanol–water partition coefficient (Wildman–Crippen LogP) is 2.91. The maximum atomic E-state index is 11.9. The Balaban J connectivity index is 1.64. The van der Waals surface area contributed by atoms with Crippen LogP contribution in [0.3, 0.4) is 0 Å². The fraction of sp³-hybridized carbons (Fsp3) is 0.588. The summed E-state index contributed by atoms with van der Waals surface area (Å²) in [4.78, 5) is 11.9. The van der Waals surface area contributed by atoms with Gasteiger partial charge in [0.1, 0.15) is 6.10 Å². The Morgan fingerprint density at radius 1 is 1.19 bits per heavy atom. The number of rotatable bonds is 6. The highest BCUT2D eigenvalue weighted by atomic mass is 16.5. The van der Waals surface area contributed by atoms with Crippen LogP contribution in [0, 0.1) is 5.92 Å². The van der Waals surface area contributed by atoms with E-state index in [4.69, 9.17) is 9.47 Å². The molecule has 0 aromatic heterocycles. The average molecular weight is 289 g/mol. The van der Waals surface area contributed by atoms with Gasteiger partial charge < -0.3 is 14.8 Å². The number of benzene rings is 1. The van der Waals surface area contributed by atoms with Crippen LogP contribution in [-0.2, 0) is 4.79 Å². The summed E-state index contributed by atoms with van der Waals surface area (Å²) in [5, 5.41) is 3.16. The first kappa shape index (κ1) is 14.2. The molecule has 21 heavy (non-hydrogen) atoms. The van der Waals surface area contributed by atoms with Gasteiger partial charge in [0.2, 0.25) is 5.91 Å². The van der Waals surface area contributed by atoms with Gasteiger partial charge in [0.05, 0.1) is 12.6 Å². The molecule has 1 N–H and O–H groups in total. The van der Waals surface area contributed by atoms with Crippen molar-refractivity contribution in [3.05, 3.63) is 24.3 Å². The maximum absolute atomic E-state index is 11.9. The van der Waals surface area contributed by atoms with E-state index in [0.29, 0.717) is 6.61 Å². The summed E-state index contributed by atoms with van der Waals surface area (Å²) in [6, 6.07) is 7.88. The first-order valence-corrected chi connectivity index (χ1v) is 7.96. The van der Waals surface area contributed by atoms with Crippen LogP contribution in [0.4, 0.5) is 0 Å². The lowest BCUT2D eigenvalue weighted by molar-refractivity contribution is -0.123. The number of amides is 1. The van der Waals surface area contributed by atoms with Gasteiger partial charge in [-0.15, -0.1) is 0 Å². The van der Waals surface area contributed by atoms with Gasteiger partial charge in [0.15, 0.2) is 11.5 Å². The summed E-state index contributed by atoms with van der Waals surface area (Å²) >= 11 is 0. The van der Waals surface area contributed by atoms with E-state index in [9.17, 15) is 4.79 Å². The Kier molecular flexibility index (Phi) is 4.32. The Labute approximate surface area is 125 Å². The van der Waals surface area contributed by atoms with Crippen LogP contribution >= 0.6 is 0 Å². The Bertz CT molecular complexity index is 499. The Morgan fingerprint density at radius 3 is 2.67 bits per heavy atom. The van der Waals surface area contributed by atoms with Crippen molar-refractivity contribution >= 4 is 5.91 Å². The molecule has 4 heteroatoms. The molecule has 0 radical (unpaired) electrons. The van der Waals surface area contributed by atoms with Crippen LogP contribution in [0.5, 0.6) is 11.5 Å². The minimum atomic E-state index is 0.0503. The number of para-hydroxylation sites is 2. The predicted molar refractivity (Wildman–Crippen MR) is 80.5 cm³/mol. The number of hydrogen-bond donors (Lipinski definition) is 1. The van der Waals surface area contributed by atoms with Crippen molar-refractivity contribution in [3.8, 4) is 11.5 Å². The summed E-state index contributed by atoms with van der Waals surface area (Å²) in [7, 11) is 0. The highest BCUT2D eigenvalue weighted by Crippen LogP contribution is 2.33. The van der Waals surface area contributed by atoms with Gasteiger partial charge in [0.25, 0.3) is 0 Å². The second-order valence-corrected chi connectivity index (χ2v) is 5.86. The number of ether oxygens (including phenoxy) is 2. The fourth-order valence-corrected chi connectivity index (χ4v) is 2.86. The molecule has 1 amide bonds. The molecule has 0 aliphatic heterocycles. The van der Waals surface area contributed by atoms with E-state index in [1.807, 2.05) is 31.2 Å². The van der Waals surface area contributed by atoms with Gasteiger partial charge >= 0.3 is 0 Å². The van der Waals surface area contributed by atoms with E-state index in [1.165, 1.54) is 0 Å². The second-order valence-electron chi connectivity index (χ2n) is 5.86. The van der Waals surface area contributed by atoms with Crippen LogP contribution in [0.15, 0.2) is 24.3 Å². The highest BCUT2D eigenvalue weighted by molar-refractivity contribution is 5.81. The zero-order valence-electron chi connectivity index (χ0n) is 12.5. The van der Waals surface area contributed by atoms with Crippen molar-refractivity contribution < 1.29 is 14.3 Å². The third-order valence-corrected chi connectivity index (χ3v) is 4.16. The first-order valence-electron chi connectivity index (χ1n) is 7.96. The van der Waals surface area contributed by atoms with E-state index < -0.39 is 0 Å². The molecular formula is C17H23NO3. The average Bonchev–Trinajstić information content (AvgIpc) is 3.25. The lowest BCUT2D eigenvalue weighted by atomic mass is 10.2. The van der Waals surface area contributed by atoms with Crippen molar-refractivity contribution in [1.82, 2.24) is 5.32 Å². The van der Waals surface area contributed by atoms with Crippen molar-refractivity contribution in [1.29, 1.82) is 0 Å². The second kappa shape index (κ2) is 6.37. The monoisotopic (exact) mass is 289 g/mol. The highest BCUT2D eigenvalue weighted by Gasteiger charge is 2.35. The molecule has 0 heterocycles. The van der Waals surface area contributed by atoms with E-state index in [2.05, 4.69) is 5.32 Å². The molecular weight excluding hydrogens is 266 g/mol. The smallest absolute Gasteiger partial charge is 0.223 e. The number of nitrogens with one attached hydrogen (secondary N) is 1. The van der Waals surface area contributed by atoms with Crippen LogP contribution in [0.1, 0.15) is 39.0 Å². The third-order valence-electron chi connectivity index (χ3n) is 4.16. The SMILES string of the molecule is CCOc1ccccc1O[C@H]1CCC[C@H]1NC(=O)C1CC1. The van der Waals surface area contributed by atoms with Gasteiger partial charge in [-0.25, -0.2) is 0 Å². The molecule has 0 bridgehead atoms. The maximum Gasteiger partial charge on any atom is 0.223 e. The lowest BCUT2D eigenvalue weighted by Gasteiger charge is -2.23. The molecule has 2 atom stereocenters. The third kappa shape index (κ3) is 3.49. The van der Waals surface area contributed by atoms with Gasteiger partial charge in [-0.1, -0.05) is 12.1 Å². The van der Waals surface area contributed by atoms with E-state index in [-0.39, 0.29) is 24.0 Å². The zero-order chi connectivity index (χ0) is 14.7. The van der Waals surface area contributed by atoms with Gasteiger partial charge in [-0.3, -0.25) is 4.79 Å². The molecule has 114 valence electrons. The standard InChI is InChI=1S/C17H23NO3/c1-2-20-15-7-3-4-8-16(15)21-14-9-5-6-13(14)18-17(19)12-10-11-12/h3-4,7-8,12-14H,2,5-6,9-11H2,1H3,(H,18,19)/t13-,14+/m1/s1. The molecule has 4 nitrogen and oxygen atoms in total. The minimum Gasteiger partial charge on any atom is -0.490 e. The summed E-state index contributed by atoms with van der Waals surface area (Å²) in [5.41, 5.74) is 0. The molecule has 2 saturated carbocycles. The largest absolute Gasteiger partial charge is 0.490 e. The summed E-state index contributed by atoms with van der Waals surface area (Å²) in [5.74, 6) is 2.01. The topological polar surface area (TPSA) is 47.6 Å². The number of hydrogen-bond acceptors (Lipinski definition) is 3. The van der Waals surface area contributed by atoms with Gasteiger partial charge in [0, 0.05) is 5.92 Å². The molecule has 2 fully saturated rings. The molecule has 3 rings (SSSR count). The van der Waals surface area contributed by atoms with E-state index >= 15 is 0 Å². The van der Waals surface area contributed by atoms with Crippen molar-refractivity contribution in [2.45, 2.75) is 51.2 Å². The molecule has 2 aliphatic rings. The first-order chi connectivity index (χ1) is 10.3. The van der Waals surface area contributed by atoms with Gasteiger partial charge in [-0.2, -0.15) is 0 Å². The van der Waals surface area contributed by atoms with Crippen LogP contribution < -0.4 is 14.8 Å². The summed E-state index contributed by atoms with van der Waals surface area (Å²) in [6.45, 7) is 2.58. The van der Waals surface area contributed by atoms with Crippen LogP contribution in [0.25, 0.3) is 0 Å². The van der Waals surface area contributed by atoms with Crippen LogP contribution in [0.2, 0.25) is 0 Å². The lowest BCUT2D eigenvalue weighted by Crippen LogP contribution is -2.43. The summed E-state index contributed by atoms with van der Waals surface area (Å²) < 4.78 is 11.7. The van der Waals surface area contributed by atoms with Crippen molar-refractivity contribution in [2.75, 3.05) is 6.61 Å². The molecule has 1 aromatic rings. The zero-order valence-corrected chi connectivity index (χ0v) is 12.5. The minimum absolute atomic E-state index is 0.0503. The van der Waals surface area contributed by atoms with E-state index in [0.717, 1.165) is 43.6 Å². The fourth-order valence-electron chi connectivity index (χ4n) is 2.86. The normalized spacial score (nSPS) is 24.6. The quantitative estimate of drug-likeness (QED) is 0.876. The van der Waals surface area contributed by atoms with Crippen LogP contribution in [-0.4, -0.2) is 24.7 Å². The number of carbonyl (C=O) groups excluding carboxylic acids is 1. The Hall–Kier alpha value is -1.71. The molecule has 1 aromatic carbocycles. The Morgan fingerprint density at radius 2 is 1.95 bits per heavy atom. The molecule has 0 saturated heterocycles. The van der Waals surface area contributed by atoms with Crippen molar-refractivity contribution in [2.24, 2.45) is 5.92 Å². The van der Waals surface area contributed by atoms with Crippen molar-refractivity contribution in [3.63, 3.8) is 0 Å².